The lowest BCUT2D eigenvalue weighted by atomic mass is 10.1. The lowest BCUT2D eigenvalue weighted by Gasteiger charge is -2.27. The first-order chi connectivity index (χ1) is 13.3. The van der Waals surface area contributed by atoms with Crippen LogP contribution >= 0.6 is 24.0 Å². The Morgan fingerprint density at radius 3 is 2.68 bits per heavy atom. The lowest BCUT2D eigenvalue weighted by Crippen LogP contribution is -2.38. The molecule has 1 aliphatic heterocycles. The number of guanidine groups is 1. The SMILES string of the molecule is CN=C(NCCCn1ccnc1)NCc1ccccc1CN1CCOCC1.I. The predicted molar refractivity (Wildman–Crippen MR) is 123 cm³/mol. The standard InChI is InChI=1S/C20H30N6O.HI/c1-21-20(23-7-4-9-26-10-8-22-17-26)24-15-18-5-2-3-6-19(18)16-25-11-13-27-14-12-25;/h2-3,5-6,8,10,17H,4,7,9,11-16H2,1H3,(H2,21,23,24);1H. The van der Waals surface area contributed by atoms with E-state index < -0.39 is 0 Å². The average molecular weight is 498 g/mol. The number of rotatable bonds is 8. The normalized spacial score (nSPS) is 15.1. The zero-order valence-electron chi connectivity index (χ0n) is 16.5. The van der Waals surface area contributed by atoms with Gasteiger partial charge in [-0.25, -0.2) is 4.98 Å². The van der Waals surface area contributed by atoms with E-state index in [-0.39, 0.29) is 24.0 Å². The summed E-state index contributed by atoms with van der Waals surface area (Å²) in [6.45, 7) is 7.22. The van der Waals surface area contributed by atoms with Gasteiger partial charge in [0, 0.05) is 58.7 Å². The second kappa shape index (κ2) is 12.7. The summed E-state index contributed by atoms with van der Waals surface area (Å²) in [6, 6.07) is 8.62. The van der Waals surface area contributed by atoms with E-state index in [1.165, 1.54) is 11.1 Å². The highest BCUT2D eigenvalue weighted by atomic mass is 127. The van der Waals surface area contributed by atoms with Crippen molar-refractivity contribution in [2.24, 2.45) is 4.99 Å². The van der Waals surface area contributed by atoms with E-state index in [0.717, 1.165) is 64.9 Å². The Bertz CT molecular complexity index is 700. The van der Waals surface area contributed by atoms with Crippen molar-refractivity contribution in [3.05, 3.63) is 54.1 Å². The van der Waals surface area contributed by atoms with Crippen LogP contribution in [0.5, 0.6) is 0 Å². The fourth-order valence-corrected chi connectivity index (χ4v) is 3.17. The van der Waals surface area contributed by atoms with E-state index in [4.69, 9.17) is 4.74 Å². The number of halogens is 1. The van der Waals surface area contributed by atoms with Crippen LogP contribution in [0.1, 0.15) is 17.5 Å². The van der Waals surface area contributed by atoms with Crippen LogP contribution in [0.2, 0.25) is 0 Å². The second-order valence-corrected chi connectivity index (χ2v) is 6.66. The summed E-state index contributed by atoms with van der Waals surface area (Å²) >= 11 is 0. The molecule has 0 radical (unpaired) electrons. The van der Waals surface area contributed by atoms with E-state index in [1.54, 1.807) is 0 Å². The minimum absolute atomic E-state index is 0. The maximum absolute atomic E-state index is 5.45. The van der Waals surface area contributed by atoms with Gasteiger partial charge in [0.1, 0.15) is 0 Å². The Hall–Kier alpha value is -1.65. The largest absolute Gasteiger partial charge is 0.379 e. The molecule has 1 aromatic heterocycles. The van der Waals surface area contributed by atoms with Gasteiger partial charge < -0.3 is 19.9 Å². The number of aryl methyl sites for hydroxylation is 1. The third-order valence-electron chi connectivity index (χ3n) is 4.73. The van der Waals surface area contributed by atoms with Crippen molar-refractivity contribution in [1.29, 1.82) is 0 Å². The molecule has 0 aliphatic carbocycles. The van der Waals surface area contributed by atoms with E-state index in [0.29, 0.717) is 0 Å². The van der Waals surface area contributed by atoms with Crippen LogP contribution in [0.4, 0.5) is 0 Å². The summed E-state index contributed by atoms with van der Waals surface area (Å²) in [4.78, 5) is 10.8. The monoisotopic (exact) mass is 498 g/mol. The van der Waals surface area contributed by atoms with Crippen LogP contribution in [-0.4, -0.2) is 60.3 Å². The van der Waals surface area contributed by atoms with Crippen LogP contribution in [0.15, 0.2) is 48.0 Å². The van der Waals surface area contributed by atoms with Gasteiger partial charge in [0.05, 0.1) is 19.5 Å². The molecular formula is C20H31IN6O. The minimum atomic E-state index is 0. The van der Waals surface area contributed by atoms with Crippen LogP contribution < -0.4 is 10.6 Å². The minimum Gasteiger partial charge on any atom is -0.379 e. The van der Waals surface area contributed by atoms with E-state index in [2.05, 4.69) is 54.3 Å². The second-order valence-electron chi connectivity index (χ2n) is 6.66. The van der Waals surface area contributed by atoms with Crippen LogP contribution in [0.3, 0.4) is 0 Å². The summed E-state index contributed by atoms with van der Waals surface area (Å²) < 4.78 is 7.53. The first kappa shape index (κ1) is 22.6. The number of morpholine rings is 1. The van der Waals surface area contributed by atoms with Gasteiger partial charge in [-0.05, 0) is 17.5 Å². The van der Waals surface area contributed by atoms with Gasteiger partial charge >= 0.3 is 0 Å². The van der Waals surface area contributed by atoms with Gasteiger partial charge in [0.15, 0.2) is 5.96 Å². The highest BCUT2D eigenvalue weighted by molar-refractivity contribution is 14.0. The number of aliphatic imine (C=N–C) groups is 1. The molecule has 2 aromatic rings. The Balaban J connectivity index is 0.00000280. The molecule has 1 aromatic carbocycles. The molecule has 2 heterocycles. The highest BCUT2D eigenvalue weighted by Crippen LogP contribution is 2.13. The summed E-state index contributed by atoms with van der Waals surface area (Å²) in [6.07, 6.45) is 6.66. The number of hydrogen-bond acceptors (Lipinski definition) is 4. The molecule has 28 heavy (non-hydrogen) atoms. The molecule has 0 spiro atoms. The predicted octanol–water partition coefficient (Wildman–Crippen LogP) is 2.09. The summed E-state index contributed by atoms with van der Waals surface area (Å²) in [7, 11) is 1.81. The third-order valence-corrected chi connectivity index (χ3v) is 4.73. The first-order valence-electron chi connectivity index (χ1n) is 9.62. The molecule has 8 heteroatoms. The van der Waals surface area contributed by atoms with Crippen molar-refractivity contribution < 1.29 is 4.74 Å². The molecular weight excluding hydrogens is 467 g/mol. The summed E-state index contributed by atoms with van der Waals surface area (Å²) in [5.41, 5.74) is 2.67. The maximum atomic E-state index is 5.45. The van der Waals surface area contributed by atoms with Crippen molar-refractivity contribution in [3.8, 4) is 0 Å². The number of benzene rings is 1. The number of nitrogens with one attached hydrogen (secondary N) is 2. The number of ether oxygens (including phenoxy) is 1. The molecule has 0 saturated carbocycles. The first-order valence-corrected chi connectivity index (χ1v) is 9.62. The van der Waals surface area contributed by atoms with Gasteiger partial charge in [-0.3, -0.25) is 9.89 Å². The van der Waals surface area contributed by atoms with E-state index in [1.807, 2.05) is 25.8 Å². The number of aromatic nitrogens is 2. The quantitative estimate of drug-likeness (QED) is 0.253. The summed E-state index contributed by atoms with van der Waals surface area (Å²) in [5.74, 6) is 0.835. The Kier molecular flexibility index (Phi) is 10.3. The van der Waals surface area contributed by atoms with Crippen LogP contribution in [-0.2, 0) is 24.4 Å². The Labute approximate surface area is 184 Å². The fraction of sp³-hybridized carbons (Fsp3) is 0.500. The Morgan fingerprint density at radius 1 is 1.18 bits per heavy atom. The van der Waals surface area contributed by atoms with E-state index >= 15 is 0 Å². The lowest BCUT2D eigenvalue weighted by molar-refractivity contribution is 0.0341. The number of imidazole rings is 1. The smallest absolute Gasteiger partial charge is 0.191 e. The highest BCUT2D eigenvalue weighted by Gasteiger charge is 2.12. The van der Waals surface area contributed by atoms with E-state index in [9.17, 15) is 0 Å². The summed E-state index contributed by atoms with van der Waals surface area (Å²) in [5, 5.41) is 6.81. The molecule has 0 amide bonds. The molecule has 1 fully saturated rings. The average Bonchev–Trinajstić information content (AvgIpc) is 3.23. The topological polar surface area (TPSA) is 66.7 Å². The van der Waals surface area contributed by atoms with Gasteiger partial charge in [0.25, 0.3) is 0 Å². The number of hydrogen-bond donors (Lipinski definition) is 2. The Morgan fingerprint density at radius 2 is 1.96 bits per heavy atom. The van der Waals surface area contributed by atoms with Gasteiger partial charge in [-0.15, -0.1) is 24.0 Å². The van der Waals surface area contributed by atoms with Gasteiger partial charge in [-0.2, -0.15) is 0 Å². The molecule has 2 N–H and O–H groups in total. The molecule has 0 unspecified atom stereocenters. The third kappa shape index (κ3) is 7.40. The van der Waals surface area contributed by atoms with Crippen molar-refractivity contribution in [1.82, 2.24) is 25.1 Å². The van der Waals surface area contributed by atoms with Crippen molar-refractivity contribution in [2.75, 3.05) is 39.9 Å². The maximum Gasteiger partial charge on any atom is 0.191 e. The van der Waals surface area contributed by atoms with Crippen LogP contribution in [0, 0.1) is 0 Å². The zero-order valence-corrected chi connectivity index (χ0v) is 18.8. The fourth-order valence-electron chi connectivity index (χ4n) is 3.17. The van der Waals surface area contributed by atoms with Crippen LogP contribution in [0.25, 0.3) is 0 Å². The van der Waals surface area contributed by atoms with Gasteiger partial charge in [0.2, 0.25) is 0 Å². The van der Waals surface area contributed by atoms with Crippen molar-refractivity contribution in [2.45, 2.75) is 26.1 Å². The molecule has 0 atom stereocenters. The molecule has 154 valence electrons. The van der Waals surface area contributed by atoms with Gasteiger partial charge in [-0.1, -0.05) is 24.3 Å². The molecule has 3 rings (SSSR count). The molecule has 7 nitrogen and oxygen atoms in total. The molecule has 1 saturated heterocycles. The molecule has 1 aliphatic rings. The number of nitrogens with zero attached hydrogens (tertiary/aromatic N) is 4. The van der Waals surface area contributed by atoms with Crippen molar-refractivity contribution in [3.63, 3.8) is 0 Å². The van der Waals surface area contributed by atoms with Crippen molar-refractivity contribution >= 4 is 29.9 Å². The molecule has 0 bridgehead atoms. The zero-order chi connectivity index (χ0) is 18.7.